The fraction of sp³-hybridized carbons (Fsp3) is 0.444. The summed E-state index contributed by atoms with van der Waals surface area (Å²) in [5, 5.41) is 18.3. The summed E-state index contributed by atoms with van der Waals surface area (Å²) in [4.78, 5) is 0. The number of benzene rings is 2. The van der Waals surface area contributed by atoms with E-state index in [1.54, 1.807) is 0 Å². The van der Waals surface area contributed by atoms with Gasteiger partial charge in [0.25, 0.3) is 0 Å². The average molecular weight is 483 g/mol. The molecule has 31 heavy (non-hydrogen) atoms. The Labute approximate surface area is 196 Å². The van der Waals surface area contributed by atoms with Crippen molar-refractivity contribution in [2.24, 2.45) is 0 Å². The van der Waals surface area contributed by atoms with Crippen molar-refractivity contribution in [1.29, 1.82) is 5.26 Å². The van der Waals surface area contributed by atoms with Crippen molar-refractivity contribution in [3.05, 3.63) is 68.2 Å². The van der Waals surface area contributed by atoms with Crippen molar-refractivity contribution in [3.63, 3.8) is 0 Å². The normalized spacial score (nSPS) is 14.5. The van der Waals surface area contributed by atoms with Gasteiger partial charge < -0.3 is 10.8 Å². The molecule has 0 unspecified atom stereocenters. The summed E-state index contributed by atoms with van der Waals surface area (Å²) >= 11 is 3.50. The van der Waals surface area contributed by atoms with Crippen molar-refractivity contribution in [2.75, 3.05) is 5.73 Å². The largest absolute Gasteiger partial charge is 0.398 e. The fourth-order valence-electron chi connectivity index (χ4n) is 3.98. The number of hydrogen-bond acceptors (Lipinski definition) is 3. The minimum absolute atomic E-state index is 0.0359. The van der Waals surface area contributed by atoms with Crippen LogP contribution in [0.3, 0.4) is 0 Å². The quantitative estimate of drug-likeness (QED) is 0.446. The number of unbranched alkanes of at least 4 members (excludes halogenated alkanes) is 1. The van der Waals surface area contributed by atoms with Crippen LogP contribution in [0.1, 0.15) is 85.3 Å². The molecule has 3 nitrogen and oxygen atoms in total. The maximum atomic E-state index is 9.40. The number of rotatable bonds is 4. The zero-order valence-corrected chi connectivity index (χ0v) is 20.8. The molecule has 1 saturated carbocycles. The molecular formula is C27H35BrN2O. The third kappa shape index (κ3) is 6.69. The number of aryl methyl sites for hydroxylation is 2. The second-order valence-corrected chi connectivity index (χ2v) is 9.28. The Balaban J connectivity index is 0.000000412. The van der Waals surface area contributed by atoms with E-state index in [0.29, 0.717) is 0 Å². The first kappa shape index (κ1) is 25.2. The van der Waals surface area contributed by atoms with Gasteiger partial charge in [0.1, 0.15) is 0 Å². The van der Waals surface area contributed by atoms with Crippen LogP contribution < -0.4 is 5.73 Å². The van der Waals surface area contributed by atoms with Crippen LogP contribution in [0.2, 0.25) is 0 Å². The summed E-state index contributed by atoms with van der Waals surface area (Å²) in [6.45, 7) is 8.29. The van der Waals surface area contributed by atoms with E-state index in [2.05, 4.69) is 54.1 Å². The molecule has 1 aliphatic carbocycles. The Morgan fingerprint density at radius 3 is 2.35 bits per heavy atom. The monoisotopic (exact) mass is 482 g/mol. The van der Waals surface area contributed by atoms with Gasteiger partial charge >= 0.3 is 0 Å². The Morgan fingerprint density at radius 1 is 1.13 bits per heavy atom. The van der Waals surface area contributed by atoms with Crippen LogP contribution in [0, 0.1) is 32.1 Å². The molecule has 166 valence electrons. The highest BCUT2D eigenvalue weighted by Gasteiger charge is 2.15. The van der Waals surface area contributed by atoms with Crippen LogP contribution in [0.5, 0.6) is 0 Å². The predicted octanol–water partition coefficient (Wildman–Crippen LogP) is 7.37. The maximum Gasteiger partial charge on any atom is 0.0994 e. The minimum atomic E-state index is 0.0359. The number of nitriles is 1. The fourth-order valence-corrected chi connectivity index (χ4v) is 4.41. The second-order valence-electron chi connectivity index (χ2n) is 8.43. The third-order valence-corrected chi connectivity index (χ3v) is 6.64. The van der Waals surface area contributed by atoms with Gasteiger partial charge in [-0.1, -0.05) is 50.8 Å². The molecule has 0 atom stereocenters. The Morgan fingerprint density at radius 2 is 1.81 bits per heavy atom. The standard InChI is InChI=1S/C21H23BrN2.C6H12O/c1-5-6-7-18(17-8-9-20(22)21(24)15(17)4)19-11-16(12-23)13(2)10-14(19)3;7-6-4-2-1-3-5-6/h7-11H,5-6,24H2,1-4H3;6-7H,1-5H2/b18-7-;. The molecule has 0 bridgehead atoms. The van der Waals surface area contributed by atoms with Crippen molar-refractivity contribution in [2.45, 2.75) is 78.7 Å². The first-order valence-corrected chi connectivity index (χ1v) is 12.0. The van der Waals surface area contributed by atoms with Crippen LogP contribution >= 0.6 is 15.9 Å². The van der Waals surface area contributed by atoms with Crippen molar-refractivity contribution in [3.8, 4) is 6.07 Å². The van der Waals surface area contributed by atoms with E-state index >= 15 is 0 Å². The molecule has 0 heterocycles. The van der Waals surface area contributed by atoms with Crippen molar-refractivity contribution >= 4 is 27.2 Å². The lowest BCUT2D eigenvalue weighted by Gasteiger charge is -2.17. The van der Waals surface area contributed by atoms with Crippen LogP contribution in [0.4, 0.5) is 5.69 Å². The van der Waals surface area contributed by atoms with Gasteiger partial charge in [-0.15, -0.1) is 0 Å². The Hall–Kier alpha value is -2.09. The lowest BCUT2D eigenvalue weighted by atomic mass is 9.88. The molecule has 2 aromatic carbocycles. The highest BCUT2D eigenvalue weighted by Crippen LogP contribution is 2.35. The summed E-state index contributed by atoms with van der Waals surface area (Å²) in [5.41, 5.74) is 14.3. The molecule has 1 aliphatic rings. The van der Waals surface area contributed by atoms with Gasteiger partial charge in [-0.2, -0.15) is 5.26 Å². The third-order valence-electron chi connectivity index (χ3n) is 5.95. The number of nitrogens with two attached hydrogens (primary N) is 1. The highest BCUT2D eigenvalue weighted by molar-refractivity contribution is 9.10. The molecule has 3 rings (SSSR count). The van der Waals surface area contributed by atoms with Crippen LogP contribution in [-0.4, -0.2) is 11.2 Å². The number of halogens is 1. The van der Waals surface area contributed by atoms with E-state index in [-0.39, 0.29) is 6.10 Å². The van der Waals surface area contributed by atoms with Gasteiger partial charge in [0.15, 0.2) is 0 Å². The van der Waals surface area contributed by atoms with E-state index in [1.807, 2.05) is 26.0 Å². The molecule has 0 aliphatic heterocycles. The number of allylic oxidation sites excluding steroid dienone is 1. The SMILES string of the molecule is CCC/C=C(\c1cc(C#N)c(C)cc1C)c1ccc(Br)c(N)c1C.OC1CCCCC1. The predicted molar refractivity (Wildman–Crippen MR) is 135 cm³/mol. The number of anilines is 1. The van der Waals surface area contributed by atoms with Gasteiger partial charge in [0, 0.05) is 10.2 Å². The summed E-state index contributed by atoms with van der Waals surface area (Å²) < 4.78 is 0.914. The molecular weight excluding hydrogens is 448 g/mol. The van der Waals surface area contributed by atoms with Crippen LogP contribution in [0.25, 0.3) is 5.57 Å². The number of aliphatic hydroxyl groups excluding tert-OH is 1. The minimum Gasteiger partial charge on any atom is -0.398 e. The Bertz CT molecular complexity index is 966. The van der Waals surface area contributed by atoms with Crippen LogP contribution in [0.15, 0.2) is 34.8 Å². The molecule has 0 amide bonds. The first-order chi connectivity index (χ1) is 14.8. The average Bonchev–Trinajstić information content (AvgIpc) is 2.75. The molecule has 0 saturated heterocycles. The van der Waals surface area contributed by atoms with Crippen molar-refractivity contribution in [1.82, 2.24) is 0 Å². The van der Waals surface area contributed by atoms with Crippen LogP contribution in [-0.2, 0) is 0 Å². The topological polar surface area (TPSA) is 70.0 Å². The summed E-state index contributed by atoms with van der Waals surface area (Å²) in [6.07, 6.45) is 10.2. The summed E-state index contributed by atoms with van der Waals surface area (Å²) in [5.74, 6) is 0. The smallest absolute Gasteiger partial charge is 0.0994 e. The van der Waals surface area contributed by atoms with Gasteiger partial charge in [0.05, 0.1) is 17.7 Å². The molecule has 2 aromatic rings. The highest BCUT2D eigenvalue weighted by atomic mass is 79.9. The number of hydrogen-bond donors (Lipinski definition) is 2. The van der Waals surface area contributed by atoms with E-state index in [4.69, 9.17) is 10.8 Å². The second kappa shape index (κ2) is 12.1. The number of nitrogen functional groups attached to an aromatic ring is 1. The molecule has 3 N–H and O–H groups in total. The molecule has 1 fully saturated rings. The molecule has 0 aromatic heterocycles. The van der Waals surface area contributed by atoms with Gasteiger partial charge in [-0.25, -0.2) is 0 Å². The maximum absolute atomic E-state index is 9.40. The molecule has 4 heteroatoms. The van der Waals surface area contributed by atoms with Gasteiger partial charge in [-0.3, -0.25) is 0 Å². The molecule has 0 spiro atoms. The van der Waals surface area contributed by atoms with E-state index in [0.717, 1.165) is 69.2 Å². The lowest BCUT2D eigenvalue weighted by molar-refractivity contribution is 0.130. The van der Waals surface area contributed by atoms with E-state index in [9.17, 15) is 5.26 Å². The zero-order valence-electron chi connectivity index (χ0n) is 19.3. The zero-order chi connectivity index (χ0) is 23.0. The number of nitrogens with zero attached hydrogens (tertiary/aromatic N) is 1. The van der Waals surface area contributed by atoms with E-state index in [1.165, 1.54) is 24.8 Å². The number of aliphatic hydroxyl groups is 1. The lowest BCUT2D eigenvalue weighted by Crippen LogP contribution is -2.09. The molecule has 0 radical (unpaired) electrons. The van der Waals surface area contributed by atoms with E-state index < -0.39 is 0 Å². The van der Waals surface area contributed by atoms with Crippen molar-refractivity contribution < 1.29 is 5.11 Å². The summed E-state index contributed by atoms with van der Waals surface area (Å²) in [7, 11) is 0. The van der Waals surface area contributed by atoms with Gasteiger partial charge in [0.2, 0.25) is 0 Å². The van der Waals surface area contributed by atoms with Gasteiger partial charge in [-0.05, 0) is 101 Å². The summed E-state index contributed by atoms with van der Waals surface area (Å²) in [6, 6.07) is 10.5. The first-order valence-electron chi connectivity index (χ1n) is 11.2. The Kier molecular flexibility index (Phi) is 9.81.